The zero-order valence-electron chi connectivity index (χ0n) is 31.2. The number of nitrogens with zero attached hydrogens (tertiary/aromatic N) is 6. The van der Waals surface area contributed by atoms with E-state index < -0.39 is 31.3 Å². The molecule has 1 saturated carbocycles. The number of anilines is 1. The number of piperazine rings is 1. The van der Waals surface area contributed by atoms with Crippen molar-refractivity contribution in [3.63, 3.8) is 0 Å². The number of carbonyl (C=O) groups excluding carboxylic acids is 4. The summed E-state index contributed by atoms with van der Waals surface area (Å²) in [4.78, 5) is 61.3. The molecular weight excluding hydrogens is 640 g/mol. The molecule has 0 radical (unpaired) electrons. The third kappa shape index (κ3) is 8.30. The third-order valence-corrected chi connectivity index (χ3v) is 10.2. The van der Waals surface area contributed by atoms with Crippen LogP contribution in [0.25, 0.3) is 0 Å². The van der Waals surface area contributed by atoms with Gasteiger partial charge < -0.3 is 20.4 Å². The lowest BCUT2D eigenvalue weighted by Gasteiger charge is -2.39. The van der Waals surface area contributed by atoms with Crippen LogP contribution in [0.1, 0.15) is 74.6 Å². The molecule has 2 N–H and O–H groups in total. The molecule has 0 aromatic carbocycles. The van der Waals surface area contributed by atoms with Crippen LogP contribution in [0.3, 0.4) is 0 Å². The number of amides is 2. The normalized spacial score (nSPS) is 23.5. The van der Waals surface area contributed by atoms with E-state index in [-0.39, 0.29) is 28.9 Å². The second-order valence-corrected chi connectivity index (χ2v) is 13.5. The summed E-state index contributed by atoms with van der Waals surface area (Å²) in [5.41, 5.74) is -0.0390. The first kappa shape index (κ1) is 28.1. The smallest absolute Gasteiger partial charge is 0.270 e. The molecule has 5 rings (SSSR count). The van der Waals surface area contributed by atoms with Gasteiger partial charge in [-0.15, -0.1) is 0 Å². The minimum Gasteiger partial charge on any atom is -0.341 e. The van der Waals surface area contributed by atoms with Gasteiger partial charge in [0.2, 0.25) is 5.91 Å². The average molecular weight is 686 g/mol. The number of hydrogen-bond donors (Lipinski definition) is 2. The van der Waals surface area contributed by atoms with Crippen molar-refractivity contribution in [3.05, 3.63) is 63.8 Å². The predicted octanol–water partition coefficient (Wildman–Crippen LogP) is 3.98. The Morgan fingerprint density at radius 1 is 1.19 bits per heavy atom. The van der Waals surface area contributed by atoms with E-state index in [1.54, 1.807) is 41.3 Å². The Hall–Kier alpha value is -3.99. The minimum absolute atomic E-state index is 0.00734. The highest BCUT2D eigenvalue weighted by molar-refractivity contribution is 7.15. The molecule has 2 aromatic rings. The van der Waals surface area contributed by atoms with Gasteiger partial charge in [-0.3, -0.25) is 19.2 Å². The molecular formula is C33H41ClN8O4S. The lowest BCUT2D eigenvalue weighted by Crippen LogP contribution is -2.50. The van der Waals surface area contributed by atoms with Crippen LogP contribution < -0.4 is 10.6 Å². The predicted molar refractivity (Wildman–Crippen MR) is 181 cm³/mol. The Bertz CT molecular complexity index is 1800. The topological polar surface area (TPSA) is 133 Å². The van der Waals surface area contributed by atoms with Crippen molar-refractivity contribution in [2.24, 2.45) is 11.8 Å². The Kier molecular flexibility index (Phi) is 9.39. The number of aromatic nitrogens is 3. The van der Waals surface area contributed by atoms with Gasteiger partial charge in [0.05, 0.1) is 24.7 Å². The standard InChI is InChI=1S/C33H41ClN8O4S/c1-4-42-28(11-12-36-42)32(46)38-31(24-7-5-22(2)6-8-24)27(21-44)37-33-35-17-30(47-33)29(41-18-25(34)9-10-26(41)20-43)19-39-13-15-40(16-14-39)23(3)45/h9-12,17-18,22,24,29,31H,4-8,13-16,19H2,1-3H3,(H,35,37)(H,38,46)/t22?,24?,29?,31-/m0/s1/i1D3,4D2. The van der Waals surface area contributed by atoms with E-state index in [0.29, 0.717) is 66.3 Å². The van der Waals surface area contributed by atoms with Crippen molar-refractivity contribution < 1.29 is 26.0 Å². The fourth-order valence-corrected chi connectivity index (χ4v) is 7.33. The van der Waals surface area contributed by atoms with Crippen molar-refractivity contribution in [3.8, 4) is 0 Å². The molecule has 47 heavy (non-hydrogen) atoms. The van der Waals surface area contributed by atoms with Gasteiger partial charge in [0.1, 0.15) is 23.0 Å². The van der Waals surface area contributed by atoms with Crippen molar-refractivity contribution in [1.29, 1.82) is 0 Å². The van der Waals surface area contributed by atoms with E-state index in [1.807, 2.05) is 11.9 Å². The molecule has 1 unspecified atom stereocenters. The van der Waals surface area contributed by atoms with E-state index in [1.165, 1.54) is 17.4 Å². The fraction of sp³-hybridized carbons (Fsp3) is 0.515. The molecule has 1 saturated heterocycles. The van der Waals surface area contributed by atoms with E-state index in [2.05, 4.69) is 32.5 Å². The van der Waals surface area contributed by atoms with E-state index in [9.17, 15) is 19.2 Å². The molecule has 12 nitrogen and oxygen atoms in total. The highest BCUT2D eigenvalue weighted by Gasteiger charge is 2.33. The van der Waals surface area contributed by atoms with Crippen molar-refractivity contribution >= 4 is 51.8 Å². The van der Waals surface area contributed by atoms with Crippen LogP contribution >= 0.6 is 22.9 Å². The Labute approximate surface area is 290 Å². The number of aryl methyl sites for hydroxylation is 1. The molecule has 14 heteroatoms. The van der Waals surface area contributed by atoms with Crippen molar-refractivity contribution in [2.45, 2.75) is 65.0 Å². The van der Waals surface area contributed by atoms with Crippen LogP contribution in [0.4, 0.5) is 5.13 Å². The summed E-state index contributed by atoms with van der Waals surface area (Å²) in [6.07, 6.45) is 10.7. The molecule has 1 aliphatic carbocycles. The first-order valence-electron chi connectivity index (χ1n) is 18.0. The summed E-state index contributed by atoms with van der Waals surface area (Å²) in [6.45, 7) is 0.411. The van der Waals surface area contributed by atoms with Crippen LogP contribution in [0.2, 0.25) is 0 Å². The van der Waals surface area contributed by atoms with Crippen LogP contribution in [-0.2, 0) is 20.9 Å². The first-order chi connectivity index (χ1) is 24.6. The second-order valence-electron chi connectivity index (χ2n) is 12.0. The SMILES string of the molecule is [2H]C([2H])([2H])C([2H])([2H])n1nccc1C(=O)N[C@H](C(=C=O)Nc1ncc(C(CN2CCN(C(C)=O)CC2)N2C=C(Cl)C=CC2=C=O)s1)C1CCC(C)CC1. The summed E-state index contributed by atoms with van der Waals surface area (Å²) < 4.78 is 39.9. The van der Waals surface area contributed by atoms with Crippen LogP contribution in [-0.4, -0.2) is 91.9 Å². The van der Waals surface area contributed by atoms with Crippen molar-refractivity contribution in [2.75, 3.05) is 38.0 Å². The molecule has 2 amide bonds. The quantitative estimate of drug-likeness (QED) is 0.337. The molecule has 2 aliphatic heterocycles. The minimum atomic E-state index is -3.11. The fourth-order valence-electron chi connectivity index (χ4n) is 6.24. The number of halogens is 1. The largest absolute Gasteiger partial charge is 0.341 e. The number of allylic oxidation sites excluding steroid dienone is 3. The number of carbonyl (C=O) groups is 2. The van der Waals surface area contributed by atoms with Gasteiger partial charge in [0, 0.05) is 68.9 Å². The molecule has 2 atom stereocenters. The Morgan fingerprint density at radius 2 is 1.96 bits per heavy atom. The summed E-state index contributed by atoms with van der Waals surface area (Å²) in [7, 11) is 0. The Morgan fingerprint density at radius 3 is 2.64 bits per heavy atom. The average Bonchev–Trinajstić information content (AvgIpc) is 3.80. The monoisotopic (exact) mass is 685 g/mol. The maximum absolute atomic E-state index is 13.7. The Balaban J connectivity index is 1.42. The highest BCUT2D eigenvalue weighted by atomic mass is 35.5. The van der Waals surface area contributed by atoms with Gasteiger partial charge in [-0.1, -0.05) is 42.7 Å². The maximum Gasteiger partial charge on any atom is 0.270 e. The summed E-state index contributed by atoms with van der Waals surface area (Å²) in [6, 6.07) is -0.110. The molecule has 4 heterocycles. The second kappa shape index (κ2) is 15.7. The molecule has 2 fully saturated rings. The lowest BCUT2D eigenvalue weighted by atomic mass is 9.78. The third-order valence-electron chi connectivity index (χ3n) is 8.94. The van der Waals surface area contributed by atoms with Crippen LogP contribution in [0.15, 0.2) is 53.2 Å². The molecule has 250 valence electrons. The van der Waals surface area contributed by atoms with E-state index in [0.717, 1.165) is 23.9 Å². The molecule has 0 spiro atoms. The summed E-state index contributed by atoms with van der Waals surface area (Å²) >= 11 is 7.62. The molecule has 2 aromatic heterocycles. The van der Waals surface area contributed by atoms with Gasteiger partial charge >= 0.3 is 0 Å². The molecule has 3 aliphatic rings. The van der Waals surface area contributed by atoms with Gasteiger partial charge in [0.25, 0.3) is 5.91 Å². The van der Waals surface area contributed by atoms with Crippen molar-refractivity contribution in [1.82, 2.24) is 34.8 Å². The van der Waals surface area contributed by atoms with Crippen LogP contribution in [0.5, 0.6) is 0 Å². The summed E-state index contributed by atoms with van der Waals surface area (Å²) in [5.74, 6) is 3.42. The highest BCUT2D eigenvalue weighted by Crippen LogP contribution is 2.37. The number of hydrogen-bond acceptors (Lipinski definition) is 10. The number of thiazole rings is 1. The van der Waals surface area contributed by atoms with Gasteiger partial charge in [-0.2, -0.15) is 5.10 Å². The van der Waals surface area contributed by atoms with E-state index >= 15 is 0 Å². The lowest BCUT2D eigenvalue weighted by molar-refractivity contribution is -0.130. The van der Waals surface area contributed by atoms with Gasteiger partial charge in [0.15, 0.2) is 11.1 Å². The van der Waals surface area contributed by atoms with E-state index in [4.69, 9.17) is 18.5 Å². The van der Waals surface area contributed by atoms with Gasteiger partial charge in [-0.05, 0) is 49.7 Å². The summed E-state index contributed by atoms with van der Waals surface area (Å²) in [5, 5.41) is 10.5. The molecule has 0 bridgehead atoms. The maximum atomic E-state index is 13.7. The zero-order chi connectivity index (χ0) is 37.8. The van der Waals surface area contributed by atoms with Gasteiger partial charge in [-0.25, -0.2) is 14.6 Å². The first-order valence-corrected chi connectivity index (χ1v) is 16.7. The zero-order valence-corrected chi connectivity index (χ0v) is 27.8. The number of nitrogens with one attached hydrogen (secondary N) is 2. The van der Waals surface area contributed by atoms with Crippen LogP contribution in [0, 0.1) is 11.8 Å². The number of rotatable bonds is 11.